The van der Waals surface area contributed by atoms with Crippen LogP contribution in [0.2, 0.25) is 0 Å². The van der Waals surface area contributed by atoms with Gasteiger partial charge in [0.1, 0.15) is 0 Å². The Kier molecular flexibility index (Phi) is 6.92. The molecule has 0 aliphatic heterocycles. The zero-order valence-electron chi connectivity index (χ0n) is 14.0. The van der Waals surface area contributed by atoms with Gasteiger partial charge in [0.15, 0.2) is 6.10 Å². The van der Waals surface area contributed by atoms with Gasteiger partial charge in [0, 0.05) is 23.1 Å². The van der Waals surface area contributed by atoms with Crippen LogP contribution >= 0.6 is 0 Å². The van der Waals surface area contributed by atoms with Gasteiger partial charge in [-0.15, -0.1) is 0 Å². The number of azide groups is 1. The largest absolute Gasteiger partial charge is 0.449 e. The van der Waals surface area contributed by atoms with Gasteiger partial charge in [-0.3, -0.25) is 14.9 Å². The number of esters is 1. The van der Waals surface area contributed by atoms with Crippen LogP contribution in [0.5, 0.6) is 0 Å². The van der Waals surface area contributed by atoms with Crippen molar-refractivity contribution in [2.24, 2.45) is 5.11 Å². The molecule has 26 heavy (non-hydrogen) atoms. The van der Waals surface area contributed by atoms with E-state index in [0.717, 1.165) is 38.2 Å². The first kappa shape index (κ1) is 19.2. The van der Waals surface area contributed by atoms with Crippen LogP contribution in [0, 0.1) is 10.1 Å². The number of nitro groups is 1. The predicted octanol–water partition coefficient (Wildman–Crippen LogP) is 2.88. The predicted molar refractivity (Wildman–Crippen MR) is 91.3 cm³/mol. The normalized spacial score (nSPS) is 15.4. The lowest BCUT2D eigenvalue weighted by Gasteiger charge is -2.25. The zero-order valence-corrected chi connectivity index (χ0v) is 14.0. The summed E-state index contributed by atoms with van der Waals surface area (Å²) in [7, 11) is 0. The molecule has 2 rings (SSSR count). The molecule has 0 spiro atoms. The van der Waals surface area contributed by atoms with E-state index in [-0.39, 0.29) is 23.8 Å². The van der Waals surface area contributed by atoms with Crippen molar-refractivity contribution in [3.05, 3.63) is 50.4 Å². The average Bonchev–Trinajstić information content (AvgIpc) is 2.65. The SMILES string of the molecule is [N-]=[N+]=NCC(OC(=O)c1cccc([N+](=O)[O-])c1)C(=O)NC1CCCCC1. The van der Waals surface area contributed by atoms with Crippen LogP contribution in [0.3, 0.4) is 0 Å². The van der Waals surface area contributed by atoms with Gasteiger partial charge in [-0.05, 0) is 24.4 Å². The van der Waals surface area contributed by atoms with Crippen LogP contribution in [-0.4, -0.2) is 35.5 Å². The zero-order chi connectivity index (χ0) is 18.9. The van der Waals surface area contributed by atoms with Crippen molar-refractivity contribution in [1.29, 1.82) is 0 Å². The molecule has 0 aromatic heterocycles. The lowest BCUT2D eigenvalue weighted by Crippen LogP contribution is -2.45. The monoisotopic (exact) mass is 361 g/mol. The first-order valence-electron chi connectivity index (χ1n) is 8.28. The van der Waals surface area contributed by atoms with Gasteiger partial charge in [-0.1, -0.05) is 30.4 Å². The molecule has 1 aromatic carbocycles. The number of nitro benzene ring substituents is 1. The molecular weight excluding hydrogens is 342 g/mol. The minimum Gasteiger partial charge on any atom is -0.449 e. The van der Waals surface area contributed by atoms with Crippen molar-refractivity contribution in [3.8, 4) is 0 Å². The average molecular weight is 361 g/mol. The third kappa shape index (κ3) is 5.45. The first-order valence-corrected chi connectivity index (χ1v) is 8.28. The number of nitrogens with one attached hydrogen (secondary N) is 1. The van der Waals surface area contributed by atoms with Crippen LogP contribution in [0.15, 0.2) is 29.4 Å². The van der Waals surface area contributed by atoms with E-state index in [1.165, 1.54) is 18.2 Å². The van der Waals surface area contributed by atoms with E-state index < -0.39 is 22.9 Å². The maximum absolute atomic E-state index is 12.4. The van der Waals surface area contributed by atoms with Gasteiger partial charge < -0.3 is 10.1 Å². The topological polar surface area (TPSA) is 147 Å². The van der Waals surface area contributed by atoms with Gasteiger partial charge >= 0.3 is 5.97 Å². The Morgan fingerprint density at radius 1 is 1.38 bits per heavy atom. The van der Waals surface area contributed by atoms with E-state index in [9.17, 15) is 19.7 Å². The molecule has 1 atom stereocenters. The summed E-state index contributed by atoms with van der Waals surface area (Å²) >= 11 is 0. The van der Waals surface area contributed by atoms with Crippen molar-refractivity contribution < 1.29 is 19.2 Å². The maximum Gasteiger partial charge on any atom is 0.339 e. The number of carbonyl (C=O) groups excluding carboxylic acids is 2. The van der Waals surface area contributed by atoms with Crippen LogP contribution in [0.1, 0.15) is 42.5 Å². The third-order valence-electron chi connectivity index (χ3n) is 4.10. The number of benzene rings is 1. The number of rotatable bonds is 7. The molecule has 0 radical (unpaired) electrons. The second kappa shape index (κ2) is 9.38. The third-order valence-corrected chi connectivity index (χ3v) is 4.10. The summed E-state index contributed by atoms with van der Waals surface area (Å²) in [5.74, 6) is -1.44. The van der Waals surface area contributed by atoms with Crippen molar-refractivity contribution >= 4 is 17.6 Å². The molecule has 1 aliphatic rings. The highest BCUT2D eigenvalue weighted by atomic mass is 16.6. The minimum absolute atomic E-state index is 0.00123. The maximum atomic E-state index is 12.4. The number of non-ortho nitro benzene ring substituents is 1. The van der Waals surface area contributed by atoms with E-state index >= 15 is 0 Å². The summed E-state index contributed by atoms with van der Waals surface area (Å²) < 4.78 is 5.14. The molecule has 0 saturated heterocycles. The molecule has 10 heteroatoms. The fourth-order valence-electron chi connectivity index (χ4n) is 2.77. The van der Waals surface area contributed by atoms with Crippen LogP contribution in [-0.2, 0) is 9.53 Å². The highest BCUT2D eigenvalue weighted by Gasteiger charge is 2.26. The van der Waals surface area contributed by atoms with E-state index in [1.54, 1.807) is 0 Å². The number of nitrogens with zero attached hydrogens (tertiary/aromatic N) is 4. The standard InChI is InChI=1S/C16H19N5O5/c17-20-18-10-14(15(22)19-12-6-2-1-3-7-12)26-16(23)11-5-4-8-13(9-11)21(24)25/h4-5,8-9,12,14H,1-3,6-7,10H2,(H,19,22). The van der Waals surface area contributed by atoms with Gasteiger partial charge in [-0.25, -0.2) is 4.79 Å². The first-order chi connectivity index (χ1) is 12.5. The lowest BCUT2D eigenvalue weighted by molar-refractivity contribution is -0.384. The van der Waals surface area contributed by atoms with Gasteiger partial charge in [0.2, 0.25) is 0 Å². The fraction of sp³-hybridized carbons (Fsp3) is 0.500. The molecule has 1 fully saturated rings. The molecule has 138 valence electrons. The molecule has 1 N–H and O–H groups in total. The van der Waals surface area contributed by atoms with Crippen molar-refractivity contribution in [1.82, 2.24) is 5.32 Å². The molecule has 10 nitrogen and oxygen atoms in total. The number of hydrogen-bond acceptors (Lipinski definition) is 6. The van der Waals surface area contributed by atoms with Gasteiger partial charge in [-0.2, -0.15) is 0 Å². The van der Waals surface area contributed by atoms with Gasteiger partial charge in [0.05, 0.1) is 17.0 Å². The van der Waals surface area contributed by atoms with Gasteiger partial charge in [0.25, 0.3) is 11.6 Å². The minimum atomic E-state index is -1.29. The second-order valence-electron chi connectivity index (χ2n) is 5.96. The Hall–Kier alpha value is -3.13. The quantitative estimate of drug-likeness (QED) is 0.198. The van der Waals surface area contributed by atoms with Crippen LogP contribution in [0.4, 0.5) is 5.69 Å². The fourth-order valence-corrected chi connectivity index (χ4v) is 2.77. The number of carbonyl (C=O) groups is 2. The Morgan fingerprint density at radius 3 is 2.77 bits per heavy atom. The highest BCUT2D eigenvalue weighted by molar-refractivity contribution is 5.93. The summed E-state index contributed by atoms with van der Waals surface area (Å²) in [6, 6.07) is 5.00. The summed E-state index contributed by atoms with van der Waals surface area (Å²) in [4.78, 5) is 37.4. The highest BCUT2D eigenvalue weighted by Crippen LogP contribution is 2.18. The summed E-state index contributed by atoms with van der Waals surface area (Å²) in [6.07, 6.45) is 3.55. The number of hydrogen-bond donors (Lipinski definition) is 1. The smallest absolute Gasteiger partial charge is 0.339 e. The molecule has 0 bridgehead atoms. The number of amides is 1. The van der Waals surface area contributed by atoms with Crippen LogP contribution in [0.25, 0.3) is 10.4 Å². The van der Waals surface area contributed by atoms with E-state index in [0.29, 0.717) is 0 Å². The Bertz CT molecular complexity index is 725. The Morgan fingerprint density at radius 2 is 2.12 bits per heavy atom. The summed E-state index contributed by atoms with van der Waals surface area (Å²) in [6.45, 7) is -0.351. The molecule has 1 aromatic rings. The summed E-state index contributed by atoms with van der Waals surface area (Å²) in [5.41, 5.74) is 8.15. The summed E-state index contributed by atoms with van der Waals surface area (Å²) in [5, 5.41) is 16.9. The van der Waals surface area contributed by atoms with E-state index in [2.05, 4.69) is 15.3 Å². The second-order valence-corrected chi connectivity index (χ2v) is 5.96. The van der Waals surface area contributed by atoms with Crippen molar-refractivity contribution in [2.45, 2.75) is 44.2 Å². The van der Waals surface area contributed by atoms with E-state index in [4.69, 9.17) is 10.3 Å². The molecule has 1 amide bonds. The Labute approximate surface area is 149 Å². The van der Waals surface area contributed by atoms with E-state index in [1.807, 2.05) is 0 Å². The number of ether oxygens (including phenoxy) is 1. The lowest BCUT2D eigenvalue weighted by atomic mass is 9.95. The van der Waals surface area contributed by atoms with Crippen LogP contribution < -0.4 is 5.32 Å². The van der Waals surface area contributed by atoms with Crippen molar-refractivity contribution in [3.63, 3.8) is 0 Å². The molecular formula is C16H19N5O5. The molecule has 1 unspecified atom stereocenters. The van der Waals surface area contributed by atoms with Crippen molar-refractivity contribution in [2.75, 3.05) is 6.54 Å². The Balaban J connectivity index is 2.07. The molecule has 0 heterocycles. The molecule has 1 aliphatic carbocycles. The molecule has 1 saturated carbocycles.